The van der Waals surface area contributed by atoms with E-state index in [-0.39, 0.29) is 11.6 Å². The summed E-state index contributed by atoms with van der Waals surface area (Å²) in [6.45, 7) is 15.4. The first-order valence-corrected chi connectivity index (χ1v) is 21.4. The van der Waals surface area contributed by atoms with Gasteiger partial charge in [0.1, 0.15) is 34.6 Å². The van der Waals surface area contributed by atoms with Crippen molar-refractivity contribution in [2.24, 2.45) is 5.92 Å². The molecule has 0 saturated heterocycles. The fourth-order valence-corrected chi connectivity index (χ4v) is 7.38. The Bertz CT molecular complexity index is 2120. The van der Waals surface area contributed by atoms with Gasteiger partial charge in [-0.2, -0.15) is 5.10 Å². The molecule has 9 nitrogen and oxygen atoms in total. The lowest BCUT2D eigenvalue weighted by Crippen LogP contribution is -2.46. The number of halogens is 1. The Morgan fingerprint density at radius 1 is 0.960 bits per heavy atom. The Kier molecular flexibility index (Phi) is 9.56. The van der Waals surface area contributed by atoms with Crippen molar-refractivity contribution in [3.8, 4) is 22.8 Å². The Morgan fingerprint density at radius 3 is 2.52 bits per heavy atom. The van der Waals surface area contributed by atoms with E-state index in [1.54, 1.807) is 6.20 Å². The molecule has 260 valence electrons. The van der Waals surface area contributed by atoms with Gasteiger partial charge in [0.25, 0.3) is 0 Å². The van der Waals surface area contributed by atoms with Crippen LogP contribution in [-0.4, -0.2) is 50.1 Å². The molecular formula is C39H45ClN6O3Si. The number of aromatic nitrogens is 6. The van der Waals surface area contributed by atoms with E-state index in [1.165, 1.54) is 5.56 Å². The second-order valence-corrected chi connectivity index (χ2v) is 21.1. The summed E-state index contributed by atoms with van der Waals surface area (Å²) in [5.74, 6) is 2.51. The van der Waals surface area contributed by atoms with Crippen LogP contribution in [0.4, 0.5) is 0 Å². The van der Waals surface area contributed by atoms with Gasteiger partial charge < -0.3 is 18.8 Å². The summed E-state index contributed by atoms with van der Waals surface area (Å²) in [7, 11) is -1.17. The van der Waals surface area contributed by atoms with Crippen molar-refractivity contribution in [3.05, 3.63) is 95.7 Å². The van der Waals surface area contributed by atoms with Gasteiger partial charge in [0.05, 0.1) is 52.9 Å². The highest BCUT2D eigenvalue weighted by molar-refractivity contribution is 6.76. The van der Waals surface area contributed by atoms with Gasteiger partial charge in [0, 0.05) is 32.5 Å². The molecule has 0 bridgehead atoms. The zero-order chi connectivity index (χ0) is 35.0. The van der Waals surface area contributed by atoms with Crippen LogP contribution in [0.2, 0.25) is 30.7 Å². The molecular weight excluding hydrogens is 664 g/mol. The maximum Gasteiger partial charge on any atom is 0.148 e. The molecule has 0 aliphatic heterocycles. The Hall–Kier alpha value is -4.09. The topological polar surface area (TPSA) is 89.1 Å². The lowest BCUT2D eigenvalue weighted by Gasteiger charge is -2.45. The number of imidazole rings is 1. The smallest absolute Gasteiger partial charge is 0.148 e. The van der Waals surface area contributed by atoms with Crippen LogP contribution in [0.5, 0.6) is 11.5 Å². The van der Waals surface area contributed by atoms with E-state index in [0.717, 1.165) is 47.9 Å². The summed E-state index contributed by atoms with van der Waals surface area (Å²) in [6.07, 6.45) is 7.95. The Labute approximate surface area is 299 Å². The first-order valence-electron chi connectivity index (χ1n) is 17.3. The number of fused-ring (bicyclic) bond motifs is 2. The number of benzene rings is 3. The summed E-state index contributed by atoms with van der Waals surface area (Å²) < 4.78 is 22.7. The van der Waals surface area contributed by atoms with Crippen molar-refractivity contribution < 1.29 is 14.2 Å². The number of rotatable bonds is 13. The molecule has 0 spiro atoms. The molecule has 0 amide bonds. The molecule has 0 unspecified atom stereocenters. The quantitative estimate of drug-likeness (QED) is 0.0872. The predicted octanol–water partition coefficient (Wildman–Crippen LogP) is 9.64. The zero-order valence-corrected chi connectivity index (χ0v) is 31.4. The van der Waals surface area contributed by atoms with Crippen molar-refractivity contribution in [2.45, 2.75) is 84.3 Å². The maximum absolute atomic E-state index is 6.96. The lowest BCUT2D eigenvalue weighted by molar-refractivity contribution is -0.0722. The average molecular weight is 709 g/mol. The van der Waals surface area contributed by atoms with Crippen molar-refractivity contribution in [1.29, 1.82) is 0 Å². The minimum atomic E-state index is -1.17. The molecule has 3 aromatic heterocycles. The van der Waals surface area contributed by atoms with E-state index in [1.807, 2.05) is 66.3 Å². The highest BCUT2D eigenvalue weighted by Gasteiger charge is 2.42. The van der Waals surface area contributed by atoms with Gasteiger partial charge in [0.2, 0.25) is 0 Å². The van der Waals surface area contributed by atoms with Crippen molar-refractivity contribution in [3.63, 3.8) is 0 Å². The third-order valence-electron chi connectivity index (χ3n) is 9.86. The highest BCUT2D eigenvalue weighted by Crippen LogP contribution is 2.43. The summed E-state index contributed by atoms with van der Waals surface area (Å²) in [6, 6.07) is 21.0. The number of nitrogens with zero attached hydrogens (tertiary/aromatic N) is 6. The first kappa shape index (κ1) is 34.4. The minimum Gasteiger partial charge on any atom is -0.456 e. The molecule has 1 aliphatic rings. The van der Waals surface area contributed by atoms with Crippen LogP contribution in [0.3, 0.4) is 0 Å². The molecule has 3 heterocycles. The van der Waals surface area contributed by atoms with Crippen LogP contribution >= 0.6 is 11.6 Å². The lowest BCUT2D eigenvalue weighted by atomic mass is 9.70. The van der Waals surface area contributed by atoms with Gasteiger partial charge in [-0.15, -0.1) is 0 Å². The summed E-state index contributed by atoms with van der Waals surface area (Å²) in [5, 5.41) is 5.17. The van der Waals surface area contributed by atoms with Gasteiger partial charge in [-0.25, -0.2) is 9.97 Å². The van der Waals surface area contributed by atoms with Crippen molar-refractivity contribution in [1.82, 2.24) is 29.3 Å². The van der Waals surface area contributed by atoms with E-state index in [0.29, 0.717) is 52.5 Å². The summed E-state index contributed by atoms with van der Waals surface area (Å²) in [4.78, 5) is 14.3. The molecule has 0 N–H and O–H groups in total. The molecule has 11 heteroatoms. The van der Waals surface area contributed by atoms with Crippen molar-refractivity contribution in [2.75, 3.05) is 6.61 Å². The molecule has 1 aliphatic carbocycles. The van der Waals surface area contributed by atoms with E-state index < -0.39 is 8.07 Å². The number of aryl methyl sites for hydroxylation is 1. The summed E-state index contributed by atoms with van der Waals surface area (Å²) >= 11 is 6.96. The predicted molar refractivity (Wildman–Crippen MR) is 201 cm³/mol. The summed E-state index contributed by atoms with van der Waals surface area (Å²) in [5.41, 5.74) is 5.71. The highest BCUT2D eigenvalue weighted by atomic mass is 35.5. The van der Waals surface area contributed by atoms with E-state index in [2.05, 4.69) is 61.4 Å². The van der Waals surface area contributed by atoms with Crippen molar-refractivity contribution >= 4 is 41.7 Å². The molecule has 50 heavy (non-hydrogen) atoms. The fraction of sp³-hybridized carbons (Fsp3) is 0.385. The van der Waals surface area contributed by atoms with Crippen LogP contribution in [-0.2, 0) is 28.4 Å². The molecule has 7 rings (SSSR count). The van der Waals surface area contributed by atoms with Crippen LogP contribution < -0.4 is 4.74 Å². The monoisotopic (exact) mass is 708 g/mol. The van der Waals surface area contributed by atoms with Gasteiger partial charge in [-0.05, 0) is 75.4 Å². The molecule has 1 fully saturated rings. The van der Waals surface area contributed by atoms with Gasteiger partial charge in [-0.3, -0.25) is 9.67 Å². The largest absolute Gasteiger partial charge is 0.456 e. The molecule has 6 aromatic rings. The van der Waals surface area contributed by atoms with E-state index in [4.69, 9.17) is 40.9 Å². The number of hydrogen-bond donors (Lipinski definition) is 0. The Balaban J connectivity index is 1.05. The van der Waals surface area contributed by atoms with Gasteiger partial charge in [-0.1, -0.05) is 61.6 Å². The van der Waals surface area contributed by atoms with E-state index >= 15 is 0 Å². The number of ether oxygens (including phenoxy) is 3. The number of hydrogen-bond acceptors (Lipinski definition) is 7. The van der Waals surface area contributed by atoms with Crippen LogP contribution in [0.1, 0.15) is 38.1 Å². The minimum absolute atomic E-state index is 0.178. The van der Waals surface area contributed by atoms with Gasteiger partial charge in [0.15, 0.2) is 0 Å². The van der Waals surface area contributed by atoms with Gasteiger partial charge >= 0.3 is 0 Å². The van der Waals surface area contributed by atoms with E-state index in [9.17, 15) is 0 Å². The second-order valence-electron chi connectivity index (χ2n) is 15.1. The maximum atomic E-state index is 6.96. The molecule has 1 saturated carbocycles. The SMILES string of the molecule is Cc1nc2ccc(Oc3ccc4ncc(-c5cnn(C(C)(C)C6CC(OCc7ccccc7)C6)c5)nc4c3Cl)cc2n1COCC[Si](C)(C)C. The van der Waals surface area contributed by atoms with Crippen LogP contribution in [0.25, 0.3) is 33.3 Å². The molecule has 3 aromatic carbocycles. The molecule has 0 atom stereocenters. The zero-order valence-electron chi connectivity index (χ0n) is 29.7. The third kappa shape index (κ3) is 7.34. The second kappa shape index (κ2) is 13.9. The van der Waals surface area contributed by atoms with Crippen LogP contribution in [0, 0.1) is 12.8 Å². The Morgan fingerprint density at radius 2 is 1.74 bits per heavy atom. The standard InChI is InChI=1S/C39H45ClN6O3Si/c1-26-43-32-13-12-30(20-35(32)45(26)25-47-16-17-50(4,5)6)49-36-15-14-33-38(37(36)40)44-34(22-41-33)28-21-42-46(23-28)39(2,3)29-18-31(19-29)48-24-27-10-8-7-9-11-27/h7-15,20-23,29,31H,16-19,24-25H2,1-6H3. The third-order valence-corrected chi connectivity index (χ3v) is 11.9. The normalized spacial score (nSPS) is 16.6. The van der Waals surface area contributed by atoms with Crippen LogP contribution in [0.15, 0.2) is 79.3 Å². The fourth-order valence-electron chi connectivity index (χ4n) is 6.38. The first-order chi connectivity index (χ1) is 23.9. The average Bonchev–Trinajstić information content (AvgIpc) is 3.69. The molecule has 0 radical (unpaired) electrons.